The monoisotopic (exact) mass is 405 g/mol. The van der Waals surface area contributed by atoms with Gasteiger partial charge in [-0.3, -0.25) is 4.79 Å². The van der Waals surface area contributed by atoms with E-state index in [0.717, 1.165) is 25.0 Å². The summed E-state index contributed by atoms with van der Waals surface area (Å²) in [6.07, 6.45) is 3.80. The minimum atomic E-state index is -0.825. The molecule has 30 heavy (non-hydrogen) atoms. The Morgan fingerprint density at radius 2 is 1.83 bits per heavy atom. The summed E-state index contributed by atoms with van der Waals surface area (Å²) in [7, 11) is 0. The Bertz CT molecular complexity index is 1040. The number of hydrogen-bond donors (Lipinski definition) is 0. The van der Waals surface area contributed by atoms with Gasteiger partial charge in [-0.15, -0.1) is 0 Å². The smallest absolute Gasteiger partial charge is 0.359 e. The molecule has 2 aromatic heterocycles. The van der Waals surface area contributed by atoms with Gasteiger partial charge in [-0.2, -0.15) is 0 Å². The van der Waals surface area contributed by atoms with E-state index in [1.54, 1.807) is 13.1 Å². The molecule has 1 aliphatic heterocycles. The van der Waals surface area contributed by atoms with Crippen molar-refractivity contribution in [1.29, 1.82) is 0 Å². The Balaban J connectivity index is 1.31. The lowest BCUT2D eigenvalue weighted by molar-refractivity contribution is -0.141. The molecule has 1 fully saturated rings. The highest BCUT2D eigenvalue weighted by molar-refractivity contribution is 5.91. The second kappa shape index (κ2) is 8.69. The van der Waals surface area contributed by atoms with Crippen LogP contribution in [-0.2, 0) is 16.0 Å². The predicted molar refractivity (Wildman–Crippen MR) is 114 cm³/mol. The molecule has 0 saturated carbocycles. The van der Waals surface area contributed by atoms with E-state index in [1.165, 1.54) is 5.56 Å². The van der Waals surface area contributed by atoms with Crippen molar-refractivity contribution in [3.63, 3.8) is 0 Å². The first-order valence-corrected chi connectivity index (χ1v) is 10.5. The number of esters is 1. The molecule has 156 valence electrons. The third kappa shape index (κ3) is 4.37. The van der Waals surface area contributed by atoms with E-state index in [1.807, 2.05) is 40.5 Å². The molecule has 6 nitrogen and oxygen atoms in total. The summed E-state index contributed by atoms with van der Waals surface area (Å²) in [6, 6.07) is 16.1. The number of pyridine rings is 1. The average molecular weight is 405 g/mol. The Morgan fingerprint density at radius 1 is 1.10 bits per heavy atom. The van der Waals surface area contributed by atoms with Crippen LogP contribution in [0, 0.1) is 12.8 Å². The molecule has 0 N–H and O–H groups in total. The van der Waals surface area contributed by atoms with E-state index in [4.69, 9.17) is 4.74 Å². The Hall–Kier alpha value is -3.15. The van der Waals surface area contributed by atoms with Crippen LogP contribution in [0.2, 0.25) is 0 Å². The number of imidazole rings is 1. The number of benzene rings is 1. The molecule has 1 aromatic carbocycles. The number of amides is 1. The number of fused-ring (bicyclic) bond motifs is 1. The quantitative estimate of drug-likeness (QED) is 0.608. The van der Waals surface area contributed by atoms with Crippen molar-refractivity contribution in [2.24, 2.45) is 5.92 Å². The minimum Gasteiger partial charge on any atom is -0.448 e. The Morgan fingerprint density at radius 3 is 2.53 bits per heavy atom. The second-order valence-corrected chi connectivity index (χ2v) is 8.03. The van der Waals surface area contributed by atoms with Crippen molar-refractivity contribution < 1.29 is 14.3 Å². The van der Waals surface area contributed by atoms with Gasteiger partial charge in [0.2, 0.25) is 0 Å². The molecule has 1 saturated heterocycles. The highest BCUT2D eigenvalue weighted by atomic mass is 16.5. The number of likely N-dealkylation sites (tertiary alicyclic amines) is 1. The molecule has 0 aliphatic carbocycles. The number of rotatable bonds is 5. The Kier molecular flexibility index (Phi) is 5.84. The lowest BCUT2D eigenvalue weighted by Gasteiger charge is -2.33. The van der Waals surface area contributed by atoms with Crippen LogP contribution < -0.4 is 0 Å². The van der Waals surface area contributed by atoms with Gasteiger partial charge in [-0.1, -0.05) is 36.4 Å². The van der Waals surface area contributed by atoms with Gasteiger partial charge in [0.1, 0.15) is 5.65 Å². The van der Waals surface area contributed by atoms with Crippen molar-refractivity contribution >= 4 is 17.5 Å². The normalized spacial score (nSPS) is 15.9. The molecule has 0 bridgehead atoms. The first-order chi connectivity index (χ1) is 14.5. The second-order valence-electron chi connectivity index (χ2n) is 8.03. The van der Waals surface area contributed by atoms with Crippen LogP contribution in [-0.4, -0.2) is 45.4 Å². The van der Waals surface area contributed by atoms with Gasteiger partial charge < -0.3 is 14.0 Å². The highest BCUT2D eigenvalue weighted by Crippen LogP contribution is 2.22. The number of nitrogens with zero attached hydrogens (tertiary/aromatic N) is 3. The number of aromatic nitrogens is 2. The summed E-state index contributed by atoms with van der Waals surface area (Å²) >= 11 is 0. The van der Waals surface area contributed by atoms with Gasteiger partial charge >= 0.3 is 5.97 Å². The van der Waals surface area contributed by atoms with Crippen LogP contribution in [0.25, 0.3) is 5.65 Å². The molecule has 3 aromatic rings. The molecule has 4 rings (SSSR count). The third-order valence-electron chi connectivity index (χ3n) is 5.83. The van der Waals surface area contributed by atoms with Crippen LogP contribution >= 0.6 is 0 Å². The van der Waals surface area contributed by atoms with Crippen molar-refractivity contribution in [1.82, 2.24) is 14.3 Å². The maximum atomic E-state index is 12.8. The standard InChI is InChI=1S/C24H27N3O3/c1-17-7-6-10-22-25-21(16-27(17)22)24(29)30-18(2)23(28)26-13-11-20(12-14-26)15-19-8-4-3-5-9-19/h3-10,16,18,20H,11-15H2,1-2H3/t18-/m1/s1. The topological polar surface area (TPSA) is 63.9 Å². The molecule has 0 spiro atoms. The van der Waals surface area contributed by atoms with E-state index in [9.17, 15) is 9.59 Å². The van der Waals surface area contributed by atoms with Crippen LogP contribution in [0.15, 0.2) is 54.7 Å². The van der Waals surface area contributed by atoms with E-state index in [0.29, 0.717) is 24.7 Å². The van der Waals surface area contributed by atoms with Crippen molar-refractivity contribution in [2.45, 2.75) is 39.2 Å². The molecule has 1 atom stereocenters. The summed E-state index contributed by atoms with van der Waals surface area (Å²) in [5, 5.41) is 0. The fourth-order valence-corrected chi connectivity index (χ4v) is 4.08. The lowest BCUT2D eigenvalue weighted by Crippen LogP contribution is -2.44. The maximum absolute atomic E-state index is 12.8. The van der Waals surface area contributed by atoms with Gasteiger partial charge in [0.05, 0.1) is 0 Å². The molecule has 1 amide bonds. The van der Waals surface area contributed by atoms with Crippen LogP contribution in [0.4, 0.5) is 0 Å². The zero-order chi connectivity index (χ0) is 21.1. The molecule has 0 unspecified atom stereocenters. The SMILES string of the molecule is Cc1cccc2nc(C(=O)O[C@H](C)C(=O)N3CCC(Cc4ccccc4)CC3)cn12. The fraction of sp³-hybridized carbons (Fsp3) is 0.375. The number of carbonyl (C=O) groups excluding carboxylic acids is 2. The van der Waals surface area contributed by atoms with Gasteiger partial charge in [0, 0.05) is 25.0 Å². The molecular weight excluding hydrogens is 378 g/mol. The number of hydrogen-bond acceptors (Lipinski definition) is 4. The largest absolute Gasteiger partial charge is 0.448 e. The van der Waals surface area contributed by atoms with E-state index in [-0.39, 0.29) is 11.6 Å². The maximum Gasteiger partial charge on any atom is 0.359 e. The van der Waals surface area contributed by atoms with Crippen LogP contribution in [0.1, 0.15) is 41.5 Å². The first kappa shape index (κ1) is 20.1. The summed E-state index contributed by atoms with van der Waals surface area (Å²) in [4.78, 5) is 31.4. The van der Waals surface area contributed by atoms with E-state index >= 15 is 0 Å². The van der Waals surface area contributed by atoms with Crippen molar-refractivity contribution in [3.8, 4) is 0 Å². The van der Waals surface area contributed by atoms with Crippen molar-refractivity contribution in [2.75, 3.05) is 13.1 Å². The van der Waals surface area contributed by atoms with Crippen LogP contribution in [0.5, 0.6) is 0 Å². The third-order valence-corrected chi connectivity index (χ3v) is 5.83. The van der Waals surface area contributed by atoms with Gasteiger partial charge in [0.25, 0.3) is 5.91 Å². The van der Waals surface area contributed by atoms with Gasteiger partial charge in [-0.25, -0.2) is 9.78 Å². The number of carbonyl (C=O) groups is 2. The molecule has 0 radical (unpaired) electrons. The average Bonchev–Trinajstić information content (AvgIpc) is 3.20. The number of aryl methyl sites for hydroxylation is 1. The van der Waals surface area contributed by atoms with Gasteiger partial charge in [0.15, 0.2) is 11.8 Å². The highest BCUT2D eigenvalue weighted by Gasteiger charge is 2.29. The number of ether oxygens (including phenoxy) is 1. The molecule has 1 aliphatic rings. The van der Waals surface area contributed by atoms with Gasteiger partial charge in [-0.05, 0) is 56.7 Å². The Labute approximate surface area is 176 Å². The van der Waals surface area contributed by atoms with E-state index in [2.05, 4.69) is 29.2 Å². The fourth-order valence-electron chi connectivity index (χ4n) is 4.08. The van der Waals surface area contributed by atoms with Crippen molar-refractivity contribution in [3.05, 3.63) is 71.7 Å². The van der Waals surface area contributed by atoms with Crippen LogP contribution in [0.3, 0.4) is 0 Å². The minimum absolute atomic E-state index is 0.138. The first-order valence-electron chi connectivity index (χ1n) is 10.5. The molecule has 6 heteroatoms. The predicted octanol–water partition coefficient (Wildman–Crippen LogP) is 3.67. The zero-order valence-electron chi connectivity index (χ0n) is 17.5. The summed E-state index contributed by atoms with van der Waals surface area (Å²) in [5.41, 5.74) is 3.21. The summed E-state index contributed by atoms with van der Waals surface area (Å²) < 4.78 is 7.27. The summed E-state index contributed by atoms with van der Waals surface area (Å²) in [6.45, 7) is 4.98. The number of piperidine rings is 1. The molecular formula is C24H27N3O3. The summed E-state index contributed by atoms with van der Waals surface area (Å²) in [5.74, 6) is -0.130. The van der Waals surface area contributed by atoms with E-state index < -0.39 is 12.1 Å². The molecule has 3 heterocycles. The zero-order valence-corrected chi connectivity index (χ0v) is 17.5. The lowest BCUT2D eigenvalue weighted by atomic mass is 9.90.